The van der Waals surface area contributed by atoms with Crippen LogP contribution in [-0.2, 0) is 11.3 Å². The van der Waals surface area contributed by atoms with Gasteiger partial charge < -0.3 is 14.1 Å². The van der Waals surface area contributed by atoms with Crippen molar-refractivity contribution in [3.63, 3.8) is 0 Å². The first-order chi connectivity index (χ1) is 12.7. The quantitative estimate of drug-likeness (QED) is 0.814. The highest BCUT2D eigenvalue weighted by molar-refractivity contribution is 5.39. The maximum Gasteiger partial charge on any atom is 0.245 e. The van der Waals surface area contributed by atoms with E-state index >= 15 is 0 Å². The average Bonchev–Trinajstić information content (AvgIpc) is 3.34. The molecule has 2 aromatic heterocycles. The summed E-state index contributed by atoms with van der Waals surface area (Å²) in [5, 5.41) is 8.63. The molecule has 2 fully saturated rings. The van der Waals surface area contributed by atoms with Crippen molar-refractivity contribution in [2.24, 2.45) is 0 Å². The Kier molecular flexibility index (Phi) is 5.17. The molecule has 26 heavy (non-hydrogen) atoms. The minimum atomic E-state index is -0.0175. The van der Waals surface area contributed by atoms with E-state index in [1.165, 1.54) is 18.4 Å². The van der Waals surface area contributed by atoms with Crippen LogP contribution in [0.5, 0.6) is 0 Å². The van der Waals surface area contributed by atoms with Crippen molar-refractivity contribution in [2.75, 3.05) is 32.1 Å². The van der Waals surface area contributed by atoms with E-state index in [4.69, 9.17) is 9.15 Å². The standard InChI is InChI=1S/C19H27N5O2/c1-23(2)17-12-14(8-9-20-17)13-24-10-4-3-6-15(24)18-21-22-19(26-18)16-7-5-11-25-16/h8-9,12,15-16H,3-7,10-11,13H2,1-2H3/t15?,16-/m1/s1. The van der Waals surface area contributed by atoms with Gasteiger partial charge in [0.2, 0.25) is 11.8 Å². The molecule has 0 aromatic carbocycles. The van der Waals surface area contributed by atoms with Crippen LogP contribution >= 0.6 is 0 Å². The Bertz CT molecular complexity index is 726. The normalized spacial score (nSPS) is 24.1. The van der Waals surface area contributed by atoms with Gasteiger partial charge in [0.25, 0.3) is 0 Å². The lowest BCUT2D eigenvalue weighted by molar-refractivity contribution is 0.0795. The summed E-state index contributed by atoms with van der Waals surface area (Å²) < 4.78 is 11.7. The molecular weight excluding hydrogens is 330 g/mol. The van der Waals surface area contributed by atoms with E-state index in [1.54, 1.807) is 0 Å². The molecule has 2 saturated heterocycles. The average molecular weight is 357 g/mol. The number of piperidine rings is 1. The van der Waals surface area contributed by atoms with Gasteiger partial charge in [-0.3, -0.25) is 4.90 Å². The molecule has 0 spiro atoms. The zero-order valence-electron chi connectivity index (χ0n) is 15.6. The molecule has 1 unspecified atom stereocenters. The van der Waals surface area contributed by atoms with Crippen molar-refractivity contribution in [1.82, 2.24) is 20.1 Å². The Balaban J connectivity index is 1.50. The topological polar surface area (TPSA) is 67.5 Å². The summed E-state index contributed by atoms with van der Waals surface area (Å²) in [7, 11) is 4.03. The van der Waals surface area contributed by atoms with Crippen molar-refractivity contribution < 1.29 is 9.15 Å². The fourth-order valence-corrected chi connectivity index (χ4v) is 3.78. The summed E-state index contributed by atoms with van der Waals surface area (Å²) in [5.41, 5.74) is 1.26. The summed E-state index contributed by atoms with van der Waals surface area (Å²) >= 11 is 0. The van der Waals surface area contributed by atoms with E-state index < -0.39 is 0 Å². The Hall–Kier alpha value is -1.99. The zero-order valence-corrected chi connectivity index (χ0v) is 15.6. The molecule has 2 aliphatic rings. The van der Waals surface area contributed by atoms with Crippen LogP contribution in [0.15, 0.2) is 22.7 Å². The maximum atomic E-state index is 6.03. The Morgan fingerprint density at radius 3 is 2.85 bits per heavy atom. The molecule has 2 atom stereocenters. The number of hydrogen-bond donors (Lipinski definition) is 0. The first-order valence-corrected chi connectivity index (χ1v) is 9.52. The molecule has 2 aliphatic heterocycles. The molecule has 7 nitrogen and oxygen atoms in total. The molecule has 140 valence electrons. The van der Waals surface area contributed by atoms with Gasteiger partial charge in [0.15, 0.2) is 0 Å². The number of likely N-dealkylation sites (tertiary alicyclic amines) is 1. The molecule has 0 radical (unpaired) electrons. The van der Waals surface area contributed by atoms with Gasteiger partial charge in [0.1, 0.15) is 11.9 Å². The van der Waals surface area contributed by atoms with Crippen LogP contribution in [0, 0.1) is 0 Å². The number of anilines is 1. The van der Waals surface area contributed by atoms with Gasteiger partial charge in [-0.25, -0.2) is 4.98 Å². The fraction of sp³-hybridized carbons (Fsp3) is 0.632. The molecule has 4 rings (SSSR count). The van der Waals surface area contributed by atoms with Crippen LogP contribution in [0.2, 0.25) is 0 Å². The van der Waals surface area contributed by atoms with Crippen LogP contribution in [0.1, 0.15) is 61.6 Å². The predicted octanol–water partition coefficient (Wildman–Crippen LogP) is 3.11. The summed E-state index contributed by atoms with van der Waals surface area (Å²) in [6, 6.07) is 4.42. The van der Waals surface area contributed by atoms with Gasteiger partial charge in [-0.2, -0.15) is 0 Å². The van der Waals surface area contributed by atoms with E-state index in [0.29, 0.717) is 5.89 Å². The molecule has 4 heterocycles. The van der Waals surface area contributed by atoms with Crippen LogP contribution in [0.3, 0.4) is 0 Å². The number of hydrogen-bond acceptors (Lipinski definition) is 7. The third-order valence-corrected chi connectivity index (χ3v) is 5.21. The molecule has 0 saturated carbocycles. The largest absolute Gasteiger partial charge is 0.421 e. The van der Waals surface area contributed by atoms with E-state index in [-0.39, 0.29) is 12.1 Å². The minimum absolute atomic E-state index is 0.0175. The minimum Gasteiger partial charge on any atom is -0.421 e. The summed E-state index contributed by atoms with van der Waals surface area (Å²) in [6.45, 7) is 2.70. The number of ether oxygens (including phenoxy) is 1. The van der Waals surface area contributed by atoms with Gasteiger partial charge in [0, 0.05) is 33.4 Å². The first-order valence-electron chi connectivity index (χ1n) is 9.52. The van der Waals surface area contributed by atoms with Gasteiger partial charge in [-0.15, -0.1) is 10.2 Å². The molecule has 2 aromatic rings. The van der Waals surface area contributed by atoms with Gasteiger partial charge in [-0.05, 0) is 49.9 Å². The summed E-state index contributed by atoms with van der Waals surface area (Å²) in [5.74, 6) is 2.36. The van der Waals surface area contributed by atoms with Crippen molar-refractivity contribution in [3.8, 4) is 0 Å². The third-order valence-electron chi connectivity index (χ3n) is 5.21. The molecule has 0 N–H and O–H groups in total. The lowest BCUT2D eigenvalue weighted by Crippen LogP contribution is -2.33. The number of aromatic nitrogens is 3. The highest BCUT2D eigenvalue weighted by Crippen LogP contribution is 2.34. The van der Waals surface area contributed by atoms with E-state index in [2.05, 4.69) is 32.2 Å². The Morgan fingerprint density at radius 2 is 2.04 bits per heavy atom. The van der Waals surface area contributed by atoms with E-state index in [1.807, 2.05) is 25.2 Å². The Morgan fingerprint density at radius 1 is 1.15 bits per heavy atom. The van der Waals surface area contributed by atoms with Crippen LogP contribution in [0.4, 0.5) is 5.82 Å². The van der Waals surface area contributed by atoms with E-state index in [0.717, 1.165) is 50.7 Å². The lowest BCUT2D eigenvalue weighted by Gasteiger charge is -2.33. The molecule has 7 heteroatoms. The van der Waals surface area contributed by atoms with Gasteiger partial charge in [-0.1, -0.05) is 6.42 Å². The highest BCUT2D eigenvalue weighted by atomic mass is 16.5. The number of rotatable bonds is 5. The lowest BCUT2D eigenvalue weighted by atomic mass is 10.0. The molecular formula is C19H27N5O2. The van der Waals surface area contributed by atoms with Gasteiger partial charge >= 0.3 is 0 Å². The van der Waals surface area contributed by atoms with E-state index in [9.17, 15) is 0 Å². The SMILES string of the molecule is CN(C)c1cc(CN2CCCCC2c2nnc([C@H]3CCCO3)o2)ccn1. The second kappa shape index (κ2) is 7.72. The number of nitrogens with zero attached hydrogens (tertiary/aromatic N) is 5. The second-order valence-electron chi connectivity index (χ2n) is 7.38. The highest BCUT2D eigenvalue weighted by Gasteiger charge is 2.31. The first kappa shape index (κ1) is 17.4. The zero-order chi connectivity index (χ0) is 17.9. The van der Waals surface area contributed by atoms with Crippen molar-refractivity contribution in [1.29, 1.82) is 0 Å². The smallest absolute Gasteiger partial charge is 0.245 e. The summed E-state index contributed by atoms with van der Waals surface area (Å²) in [4.78, 5) is 8.89. The number of pyridine rings is 1. The fourth-order valence-electron chi connectivity index (χ4n) is 3.78. The van der Waals surface area contributed by atoms with Crippen LogP contribution in [-0.4, -0.2) is 47.3 Å². The van der Waals surface area contributed by atoms with Gasteiger partial charge in [0.05, 0.1) is 6.04 Å². The molecule has 0 bridgehead atoms. The maximum absolute atomic E-state index is 6.03. The monoisotopic (exact) mass is 357 g/mol. The third kappa shape index (κ3) is 3.73. The second-order valence-corrected chi connectivity index (χ2v) is 7.38. The Labute approximate surface area is 154 Å². The summed E-state index contributed by atoms with van der Waals surface area (Å²) in [6.07, 6.45) is 7.35. The van der Waals surface area contributed by atoms with Crippen LogP contribution < -0.4 is 4.90 Å². The van der Waals surface area contributed by atoms with Crippen molar-refractivity contribution >= 4 is 5.82 Å². The predicted molar refractivity (Wildman–Crippen MR) is 97.8 cm³/mol. The van der Waals surface area contributed by atoms with Crippen LogP contribution in [0.25, 0.3) is 0 Å². The van der Waals surface area contributed by atoms with Crippen molar-refractivity contribution in [2.45, 2.75) is 50.8 Å². The molecule has 0 aliphatic carbocycles. The van der Waals surface area contributed by atoms with Crippen molar-refractivity contribution in [3.05, 3.63) is 35.7 Å². The molecule has 0 amide bonds.